The summed E-state index contributed by atoms with van der Waals surface area (Å²) in [5, 5.41) is 0. The predicted molar refractivity (Wildman–Crippen MR) is 48.5 cm³/mol. The molecule has 0 radical (unpaired) electrons. The van der Waals surface area contributed by atoms with E-state index in [2.05, 4.69) is 0 Å². The Kier molecular flexibility index (Phi) is 3.71. The molecule has 0 aliphatic heterocycles. The molecular formula is C10H13FO2. The van der Waals surface area contributed by atoms with E-state index >= 15 is 0 Å². The second-order valence-electron chi connectivity index (χ2n) is 2.73. The highest BCUT2D eigenvalue weighted by Gasteiger charge is 2.04. The van der Waals surface area contributed by atoms with Crippen molar-refractivity contribution in [1.82, 2.24) is 0 Å². The van der Waals surface area contributed by atoms with Crippen LogP contribution in [-0.2, 0) is 4.74 Å². The number of rotatable bonds is 4. The summed E-state index contributed by atoms with van der Waals surface area (Å²) in [6.07, 6.45) is 0. The number of hydrogen-bond donors (Lipinski definition) is 0. The first kappa shape index (κ1) is 9.99. The zero-order valence-electron chi connectivity index (χ0n) is 7.84. The summed E-state index contributed by atoms with van der Waals surface area (Å²) in [4.78, 5) is 0. The minimum Gasteiger partial charge on any atom is -0.488 e. The fraction of sp³-hybridized carbons (Fsp3) is 0.400. The lowest BCUT2D eigenvalue weighted by Gasteiger charge is -2.07. The number of aryl methyl sites for hydroxylation is 1. The standard InChI is InChI=1S/C10H13FO2/c1-8-4-3-5-9(10(8)11)13-7-6-12-2/h3-5H,6-7H2,1-2H3. The van der Waals surface area contributed by atoms with E-state index in [0.29, 0.717) is 18.8 Å². The van der Waals surface area contributed by atoms with Crippen molar-refractivity contribution in [3.05, 3.63) is 29.6 Å². The van der Waals surface area contributed by atoms with Gasteiger partial charge < -0.3 is 9.47 Å². The molecule has 72 valence electrons. The van der Waals surface area contributed by atoms with Crippen molar-refractivity contribution in [2.24, 2.45) is 0 Å². The fourth-order valence-corrected chi connectivity index (χ4v) is 0.967. The SMILES string of the molecule is COCCOc1cccc(C)c1F. The van der Waals surface area contributed by atoms with Gasteiger partial charge in [0.2, 0.25) is 0 Å². The molecule has 0 amide bonds. The van der Waals surface area contributed by atoms with Gasteiger partial charge in [-0.25, -0.2) is 4.39 Å². The topological polar surface area (TPSA) is 18.5 Å². The van der Waals surface area contributed by atoms with E-state index in [4.69, 9.17) is 9.47 Å². The monoisotopic (exact) mass is 184 g/mol. The summed E-state index contributed by atoms with van der Waals surface area (Å²) in [6, 6.07) is 5.08. The van der Waals surface area contributed by atoms with Gasteiger partial charge in [-0.2, -0.15) is 0 Å². The number of halogens is 1. The van der Waals surface area contributed by atoms with Gasteiger partial charge in [-0.05, 0) is 18.6 Å². The van der Waals surface area contributed by atoms with Crippen LogP contribution in [0.3, 0.4) is 0 Å². The highest BCUT2D eigenvalue weighted by Crippen LogP contribution is 2.19. The zero-order chi connectivity index (χ0) is 9.68. The predicted octanol–water partition coefficient (Wildman–Crippen LogP) is 2.16. The van der Waals surface area contributed by atoms with Gasteiger partial charge in [-0.3, -0.25) is 0 Å². The zero-order valence-corrected chi connectivity index (χ0v) is 7.84. The normalized spacial score (nSPS) is 10.1. The molecule has 0 fully saturated rings. The Bertz CT molecular complexity index is 274. The van der Waals surface area contributed by atoms with Crippen LogP contribution in [0.5, 0.6) is 5.75 Å². The lowest BCUT2D eigenvalue weighted by Crippen LogP contribution is -2.05. The molecule has 0 aromatic heterocycles. The lowest BCUT2D eigenvalue weighted by atomic mass is 10.2. The third-order valence-corrected chi connectivity index (χ3v) is 1.70. The van der Waals surface area contributed by atoms with Crippen LogP contribution in [0.25, 0.3) is 0 Å². The van der Waals surface area contributed by atoms with Crippen LogP contribution in [0.4, 0.5) is 4.39 Å². The van der Waals surface area contributed by atoms with Crippen molar-refractivity contribution < 1.29 is 13.9 Å². The molecule has 0 saturated heterocycles. The third-order valence-electron chi connectivity index (χ3n) is 1.70. The van der Waals surface area contributed by atoms with Crippen LogP contribution < -0.4 is 4.74 Å². The minimum absolute atomic E-state index is 0.289. The molecule has 0 spiro atoms. The Labute approximate surface area is 77.3 Å². The van der Waals surface area contributed by atoms with Crippen LogP contribution in [0, 0.1) is 12.7 Å². The van der Waals surface area contributed by atoms with Gasteiger partial charge in [0, 0.05) is 7.11 Å². The average molecular weight is 184 g/mol. The van der Waals surface area contributed by atoms with Crippen molar-refractivity contribution in [3.63, 3.8) is 0 Å². The van der Waals surface area contributed by atoms with E-state index in [-0.39, 0.29) is 11.6 Å². The van der Waals surface area contributed by atoms with Gasteiger partial charge in [0.1, 0.15) is 6.61 Å². The molecule has 0 unspecified atom stereocenters. The van der Waals surface area contributed by atoms with Gasteiger partial charge in [-0.15, -0.1) is 0 Å². The largest absolute Gasteiger partial charge is 0.488 e. The quantitative estimate of drug-likeness (QED) is 0.667. The highest BCUT2D eigenvalue weighted by molar-refractivity contribution is 5.29. The van der Waals surface area contributed by atoms with Crippen LogP contribution in [0.1, 0.15) is 5.56 Å². The Morgan fingerprint density at radius 2 is 2.08 bits per heavy atom. The minimum atomic E-state index is -0.293. The molecule has 0 saturated carbocycles. The Morgan fingerprint density at radius 1 is 1.31 bits per heavy atom. The van der Waals surface area contributed by atoms with E-state index in [9.17, 15) is 4.39 Å². The summed E-state index contributed by atoms with van der Waals surface area (Å²) in [5.41, 5.74) is 0.593. The molecule has 1 aromatic rings. The number of hydrogen-bond acceptors (Lipinski definition) is 2. The molecule has 0 heterocycles. The van der Waals surface area contributed by atoms with E-state index in [1.807, 2.05) is 0 Å². The smallest absolute Gasteiger partial charge is 0.167 e. The molecule has 0 N–H and O–H groups in total. The molecule has 0 aliphatic rings. The first-order chi connectivity index (χ1) is 6.25. The summed E-state index contributed by atoms with van der Waals surface area (Å²) in [6.45, 7) is 2.54. The fourth-order valence-electron chi connectivity index (χ4n) is 0.967. The molecule has 13 heavy (non-hydrogen) atoms. The maximum atomic E-state index is 13.3. The Morgan fingerprint density at radius 3 is 2.77 bits per heavy atom. The first-order valence-electron chi connectivity index (χ1n) is 4.12. The van der Waals surface area contributed by atoms with Gasteiger partial charge in [-0.1, -0.05) is 12.1 Å². The number of methoxy groups -OCH3 is 1. The van der Waals surface area contributed by atoms with Crippen molar-refractivity contribution in [2.75, 3.05) is 20.3 Å². The molecule has 0 bridgehead atoms. The second-order valence-corrected chi connectivity index (χ2v) is 2.73. The summed E-state index contributed by atoms with van der Waals surface area (Å²) in [7, 11) is 1.58. The molecule has 2 nitrogen and oxygen atoms in total. The molecule has 1 rings (SSSR count). The molecule has 1 aromatic carbocycles. The van der Waals surface area contributed by atoms with Gasteiger partial charge >= 0.3 is 0 Å². The second kappa shape index (κ2) is 4.82. The molecule has 0 aliphatic carbocycles. The summed E-state index contributed by atoms with van der Waals surface area (Å²) in [5.74, 6) is -0.00402. The maximum Gasteiger partial charge on any atom is 0.167 e. The highest BCUT2D eigenvalue weighted by atomic mass is 19.1. The van der Waals surface area contributed by atoms with E-state index in [1.165, 1.54) is 0 Å². The Balaban J connectivity index is 2.61. The number of ether oxygens (including phenoxy) is 2. The van der Waals surface area contributed by atoms with Crippen molar-refractivity contribution in [1.29, 1.82) is 0 Å². The molecule has 3 heteroatoms. The molecule has 0 atom stereocenters. The first-order valence-corrected chi connectivity index (χ1v) is 4.12. The lowest BCUT2D eigenvalue weighted by molar-refractivity contribution is 0.143. The summed E-state index contributed by atoms with van der Waals surface area (Å²) < 4.78 is 23.2. The van der Waals surface area contributed by atoms with Gasteiger partial charge in [0.05, 0.1) is 6.61 Å². The van der Waals surface area contributed by atoms with E-state index < -0.39 is 0 Å². The van der Waals surface area contributed by atoms with Crippen LogP contribution in [-0.4, -0.2) is 20.3 Å². The Hall–Kier alpha value is -1.09. The maximum absolute atomic E-state index is 13.3. The van der Waals surface area contributed by atoms with Crippen molar-refractivity contribution >= 4 is 0 Å². The van der Waals surface area contributed by atoms with Gasteiger partial charge in [0.15, 0.2) is 11.6 Å². The van der Waals surface area contributed by atoms with Crippen LogP contribution in [0.15, 0.2) is 18.2 Å². The van der Waals surface area contributed by atoms with E-state index in [1.54, 1.807) is 32.2 Å². The third kappa shape index (κ3) is 2.70. The van der Waals surface area contributed by atoms with Crippen molar-refractivity contribution in [3.8, 4) is 5.75 Å². The summed E-state index contributed by atoms with van der Waals surface area (Å²) >= 11 is 0. The molecular weight excluding hydrogens is 171 g/mol. The van der Waals surface area contributed by atoms with Crippen LogP contribution >= 0.6 is 0 Å². The average Bonchev–Trinajstić information content (AvgIpc) is 2.13. The van der Waals surface area contributed by atoms with Crippen molar-refractivity contribution in [2.45, 2.75) is 6.92 Å². The van der Waals surface area contributed by atoms with Gasteiger partial charge in [0.25, 0.3) is 0 Å². The van der Waals surface area contributed by atoms with Crippen LogP contribution in [0.2, 0.25) is 0 Å². The van der Waals surface area contributed by atoms with E-state index in [0.717, 1.165) is 0 Å². The number of benzene rings is 1.